The van der Waals surface area contributed by atoms with E-state index in [0.29, 0.717) is 5.92 Å². The first-order valence-electron chi connectivity index (χ1n) is 6.65. The van der Waals surface area contributed by atoms with E-state index in [2.05, 4.69) is 27.9 Å². The van der Waals surface area contributed by atoms with Gasteiger partial charge in [0.15, 0.2) is 0 Å². The monoisotopic (exact) mass is 337 g/mol. The third kappa shape index (κ3) is 6.71. The molecule has 2 nitrogen and oxygen atoms in total. The number of amides is 1. The smallest absolute Gasteiger partial charge is 0.220 e. The second-order valence-corrected chi connectivity index (χ2v) is 5.89. The number of halogens is 1. The van der Waals surface area contributed by atoms with Gasteiger partial charge in [0.25, 0.3) is 0 Å². The normalized spacial score (nSPS) is 18.1. The molecule has 0 aliphatic heterocycles. The standard InChI is InChI=1S/C13H24INO/c14-9-5-6-10-15-13(16)11-12-7-3-1-2-4-8-12/h12H,1-11H2,(H,15,16). The molecule has 1 aliphatic rings. The number of alkyl halides is 1. The maximum absolute atomic E-state index is 11.7. The van der Waals surface area contributed by atoms with Crippen molar-refractivity contribution >= 4 is 28.5 Å². The summed E-state index contributed by atoms with van der Waals surface area (Å²) in [6.07, 6.45) is 11.0. The molecule has 0 atom stereocenters. The van der Waals surface area contributed by atoms with E-state index >= 15 is 0 Å². The van der Waals surface area contributed by atoms with E-state index in [-0.39, 0.29) is 5.91 Å². The summed E-state index contributed by atoms with van der Waals surface area (Å²) >= 11 is 2.38. The molecule has 1 fully saturated rings. The van der Waals surface area contributed by atoms with Crippen LogP contribution >= 0.6 is 22.6 Å². The Bertz CT molecular complexity index is 188. The van der Waals surface area contributed by atoms with Gasteiger partial charge in [-0.05, 0) is 36.0 Å². The van der Waals surface area contributed by atoms with Crippen LogP contribution in [0.15, 0.2) is 0 Å². The molecule has 0 bridgehead atoms. The van der Waals surface area contributed by atoms with Crippen molar-refractivity contribution in [2.75, 3.05) is 11.0 Å². The van der Waals surface area contributed by atoms with Crippen LogP contribution in [0.4, 0.5) is 0 Å². The Hall–Kier alpha value is 0.200. The van der Waals surface area contributed by atoms with E-state index in [1.54, 1.807) is 0 Å². The molecule has 0 unspecified atom stereocenters. The van der Waals surface area contributed by atoms with E-state index in [1.165, 1.54) is 49.4 Å². The molecular formula is C13H24INO. The highest BCUT2D eigenvalue weighted by atomic mass is 127. The summed E-state index contributed by atoms with van der Waals surface area (Å²) in [6.45, 7) is 0.870. The Balaban J connectivity index is 2.07. The molecule has 1 saturated carbocycles. The average molecular weight is 337 g/mol. The molecule has 1 N–H and O–H groups in total. The van der Waals surface area contributed by atoms with Crippen molar-refractivity contribution in [2.45, 2.75) is 57.8 Å². The number of carbonyl (C=O) groups excluding carboxylic acids is 1. The molecule has 1 aliphatic carbocycles. The van der Waals surface area contributed by atoms with Gasteiger partial charge in [-0.25, -0.2) is 0 Å². The summed E-state index contributed by atoms with van der Waals surface area (Å²) in [5.74, 6) is 0.937. The van der Waals surface area contributed by atoms with Crippen LogP contribution in [-0.2, 0) is 4.79 Å². The molecule has 94 valence electrons. The van der Waals surface area contributed by atoms with Gasteiger partial charge >= 0.3 is 0 Å². The molecule has 16 heavy (non-hydrogen) atoms. The largest absolute Gasteiger partial charge is 0.356 e. The first-order valence-corrected chi connectivity index (χ1v) is 8.18. The molecule has 1 rings (SSSR count). The minimum Gasteiger partial charge on any atom is -0.356 e. The Kier molecular flexibility index (Phi) is 8.25. The van der Waals surface area contributed by atoms with Crippen molar-refractivity contribution < 1.29 is 4.79 Å². The predicted molar refractivity (Wildman–Crippen MR) is 76.9 cm³/mol. The van der Waals surface area contributed by atoms with E-state index in [9.17, 15) is 4.79 Å². The Morgan fingerprint density at radius 2 is 1.81 bits per heavy atom. The van der Waals surface area contributed by atoms with Gasteiger partial charge in [-0.1, -0.05) is 48.3 Å². The van der Waals surface area contributed by atoms with Crippen LogP contribution in [0.3, 0.4) is 0 Å². The van der Waals surface area contributed by atoms with Crippen LogP contribution in [0.1, 0.15) is 57.8 Å². The fraction of sp³-hybridized carbons (Fsp3) is 0.923. The van der Waals surface area contributed by atoms with E-state index in [1.807, 2.05) is 0 Å². The lowest BCUT2D eigenvalue weighted by molar-refractivity contribution is -0.122. The molecule has 0 heterocycles. The molecular weight excluding hydrogens is 313 g/mol. The summed E-state index contributed by atoms with van der Waals surface area (Å²) < 4.78 is 1.19. The average Bonchev–Trinajstić information content (AvgIpc) is 2.53. The lowest BCUT2D eigenvalue weighted by atomic mass is 9.96. The van der Waals surface area contributed by atoms with Gasteiger partial charge in [-0.15, -0.1) is 0 Å². The van der Waals surface area contributed by atoms with Gasteiger partial charge in [0.1, 0.15) is 0 Å². The maximum atomic E-state index is 11.7. The number of rotatable bonds is 6. The summed E-state index contributed by atoms with van der Waals surface area (Å²) in [7, 11) is 0. The summed E-state index contributed by atoms with van der Waals surface area (Å²) in [5.41, 5.74) is 0. The first kappa shape index (κ1) is 14.3. The van der Waals surface area contributed by atoms with Crippen LogP contribution in [-0.4, -0.2) is 16.9 Å². The highest BCUT2D eigenvalue weighted by Gasteiger charge is 2.15. The highest BCUT2D eigenvalue weighted by molar-refractivity contribution is 14.1. The van der Waals surface area contributed by atoms with Gasteiger partial charge in [-0.3, -0.25) is 4.79 Å². The predicted octanol–water partition coefficient (Wildman–Crippen LogP) is 3.68. The SMILES string of the molecule is O=C(CC1CCCCCC1)NCCCCI. The zero-order chi connectivity index (χ0) is 11.6. The molecule has 0 spiro atoms. The van der Waals surface area contributed by atoms with Gasteiger partial charge < -0.3 is 5.32 Å². The quantitative estimate of drug-likeness (QED) is 0.341. The number of hydrogen-bond donors (Lipinski definition) is 1. The van der Waals surface area contributed by atoms with Crippen LogP contribution < -0.4 is 5.32 Å². The number of nitrogens with one attached hydrogen (secondary N) is 1. The lowest BCUT2D eigenvalue weighted by Crippen LogP contribution is -2.26. The van der Waals surface area contributed by atoms with Crippen LogP contribution in [0.2, 0.25) is 0 Å². The van der Waals surface area contributed by atoms with Crippen LogP contribution in [0, 0.1) is 5.92 Å². The van der Waals surface area contributed by atoms with Crippen LogP contribution in [0.5, 0.6) is 0 Å². The van der Waals surface area contributed by atoms with Gasteiger partial charge in [0.2, 0.25) is 5.91 Å². The molecule has 0 saturated heterocycles. The van der Waals surface area contributed by atoms with Gasteiger partial charge in [0.05, 0.1) is 0 Å². The number of carbonyl (C=O) groups is 1. The summed E-state index contributed by atoms with van der Waals surface area (Å²) in [5, 5.41) is 3.04. The fourth-order valence-electron chi connectivity index (χ4n) is 2.35. The Morgan fingerprint density at radius 3 is 2.44 bits per heavy atom. The second-order valence-electron chi connectivity index (χ2n) is 4.81. The second kappa shape index (κ2) is 9.25. The lowest BCUT2D eigenvalue weighted by Gasteiger charge is -2.13. The number of unbranched alkanes of at least 4 members (excludes halogenated alkanes) is 1. The van der Waals surface area contributed by atoms with Gasteiger partial charge in [-0.2, -0.15) is 0 Å². The molecule has 1 amide bonds. The van der Waals surface area contributed by atoms with Crippen molar-refractivity contribution in [3.05, 3.63) is 0 Å². The van der Waals surface area contributed by atoms with Crippen molar-refractivity contribution in [1.82, 2.24) is 5.32 Å². The minimum absolute atomic E-state index is 0.278. The Labute approximate surface area is 113 Å². The molecule has 0 aromatic rings. The molecule has 0 aromatic heterocycles. The number of hydrogen-bond acceptors (Lipinski definition) is 1. The third-order valence-corrected chi connectivity index (χ3v) is 4.09. The Morgan fingerprint density at radius 1 is 1.12 bits per heavy atom. The van der Waals surface area contributed by atoms with Gasteiger partial charge in [0, 0.05) is 13.0 Å². The third-order valence-electron chi connectivity index (χ3n) is 3.33. The maximum Gasteiger partial charge on any atom is 0.220 e. The fourth-order valence-corrected chi connectivity index (χ4v) is 2.89. The molecule has 0 aromatic carbocycles. The van der Waals surface area contributed by atoms with Crippen molar-refractivity contribution in [3.8, 4) is 0 Å². The molecule has 3 heteroatoms. The zero-order valence-electron chi connectivity index (χ0n) is 10.1. The summed E-state index contributed by atoms with van der Waals surface area (Å²) in [6, 6.07) is 0. The summed E-state index contributed by atoms with van der Waals surface area (Å²) in [4.78, 5) is 11.7. The topological polar surface area (TPSA) is 29.1 Å². The molecule has 0 radical (unpaired) electrons. The van der Waals surface area contributed by atoms with E-state index < -0.39 is 0 Å². The van der Waals surface area contributed by atoms with Crippen LogP contribution in [0.25, 0.3) is 0 Å². The minimum atomic E-state index is 0.278. The van der Waals surface area contributed by atoms with Crippen molar-refractivity contribution in [3.63, 3.8) is 0 Å². The van der Waals surface area contributed by atoms with Crippen molar-refractivity contribution in [1.29, 1.82) is 0 Å². The first-order chi connectivity index (χ1) is 7.83. The highest BCUT2D eigenvalue weighted by Crippen LogP contribution is 2.25. The van der Waals surface area contributed by atoms with E-state index in [0.717, 1.165) is 19.4 Å². The zero-order valence-corrected chi connectivity index (χ0v) is 12.3. The van der Waals surface area contributed by atoms with Crippen molar-refractivity contribution in [2.24, 2.45) is 5.92 Å². The van der Waals surface area contributed by atoms with E-state index in [4.69, 9.17) is 0 Å².